The second-order valence-electron chi connectivity index (χ2n) is 1.74. The van der Waals surface area contributed by atoms with Crippen molar-refractivity contribution >= 4 is 0 Å². The first kappa shape index (κ1) is 7.50. The minimum atomic E-state index is 0.0483. The SMILES string of the molecule is CC(C)O/C=C/CO. The van der Waals surface area contributed by atoms with Gasteiger partial charge in [-0.2, -0.15) is 0 Å². The predicted octanol–water partition coefficient (Wildman–Crippen LogP) is 0.917. The van der Waals surface area contributed by atoms with E-state index in [0.717, 1.165) is 0 Å². The fourth-order valence-corrected chi connectivity index (χ4v) is 0.256. The summed E-state index contributed by atoms with van der Waals surface area (Å²) in [5.74, 6) is 0. The molecule has 0 aromatic rings. The van der Waals surface area contributed by atoms with Gasteiger partial charge in [-0.3, -0.25) is 0 Å². The topological polar surface area (TPSA) is 29.5 Å². The summed E-state index contributed by atoms with van der Waals surface area (Å²) in [5, 5.41) is 8.21. The van der Waals surface area contributed by atoms with E-state index in [1.54, 1.807) is 6.08 Å². The molecule has 0 aliphatic carbocycles. The van der Waals surface area contributed by atoms with Gasteiger partial charge in [-0.05, 0) is 19.9 Å². The summed E-state index contributed by atoms with van der Waals surface area (Å²) in [4.78, 5) is 0. The number of hydrogen-bond acceptors (Lipinski definition) is 2. The molecule has 0 unspecified atom stereocenters. The van der Waals surface area contributed by atoms with Crippen molar-refractivity contribution in [3.05, 3.63) is 12.3 Å². The lowest BCUT2D eigenvalue weighted by atomic mass is 10.5. The maximum atomic E-state index is 8.21. The van der Waals surface area contributed by atoms with Crippen LogP contribution in [0.2, 0.25) is 0 Å². The summed E-state index contributed by atoms with van der Waals surface area (Å²) in [5.41, 5.74) is 0. The van der Waals surface area contributed by atoms with Crippen molar-refractivity contribution < 1.29 is 9.84 Å². The largest absolute Gasteiger partial charge is 0.499 e. The highest BCUT2D eigenvalue weighted by Crippen LogP contribution is 1.86. The molecule has 2 heteroatoms. The Morgan fingerprint density at radius 1 is 1.62 bits per heavy atom. The Morgan fingerprint density at radius 2 is 2.25 bits per heavy atom. The van der Waals surface area contributed by atoms with E-state index in [0.29, 0.717) is 0 Å². The molecule has 0 rings (SSSR count). The maximum absolute atomic E-state index is 8.21. The summed E-state index contributed by atoms with van der Waals surface area (Å²) in [6, 6.07) is 0. The molecule has 0 aromatic carbocycles. The fourth-order valence-electron chi connectivity index (χ4n) is 0.256. The van der Waals surface area contributed by atoms with Gasteiger partial charge in [0.2, 0.25) is 0 Å². The molecule has 0 spiro atoms. The van der Waals surface area contributed by atoms with E-state index in [1.807, 2.05) is 13.8 Å². The molecule has 0 atom stereocenters. The van der Waals surface area contributed by atoms with Gasteiger partial charge in [0.25, 0.3) is 0 Å². The molecule has 8 heavy (non-hydrogen) atoms. The Kier molecular flexibility index (Phi) is 4.36. The molecular weight excluding hydrogens is 104 g/mol. The van der Waals surface area contributed by atoms with Crippen molar-refractivity contribution in [3.63, 3.8) is 0 Å². The van der Waals surface area contributed by atoms with E-state index in [1.165, 1.54) is 6.26 Å². The quantitative estimate of drug-likeness (QED) is 0.555. The van der Waals surface area contributed by atoms with E-state index in [2.05, 4.69) is 0 Å². The van der Waals surface area contributed by atoms with Gasteiger partial charge < -0.3 is 9.84 Å². The molecule has 1 N–H and O–H groups in total. The van der Waals surface area contributed by atoms with Crippen LogP contribution in [0.3, 0.4) is 0 Å². The van der Waals surface area contributed by atoms with Crippen molar-refractivity contribution in [2.45, 2.75) is 20.0 Å². The smallest absolute Gasteiger partial charge is 0.0922 e. The third kappa shape index (κ3) is 5.50. The van der Waals surface area contributed by atoms with E-state index in [9.17, 15) is 0 Å². The molecule has 0 saturated heterocycles. The highest BCUT2D eigenvalue weighted by Gasteiger charge is 1.83. The van der Waals surface area contributed by atoms with Gasteiger partial charge >= 0.3 is 0 Å². The van der Waals surface area contributed by atoms with Crippen LogP contribution in [-0.2, 0) is 4.74 Å². The maximum Gasteiger partial charge on any atom is 0.0922 e. The number of rotatable bonds is 3. The van der Waals surface area contributed by atoms with Crippen LogP contribution < -0.4 is 0 Å². The Balaban J connectivity index is 3.03. The molecule has 0 amide bonds. The van der Waals surface area contributed by atoms with Gasteiger partial charge in [0.05, 0.1) is 19.0 Å². The van der Waals surface area contributed by atoms with Gasteiger partial charge in [-0.15, -0.1) is 0 Å². The lowest BCUT2D eigenvalue weighted by Crippen LogP contribution is -1.94. The molecule has 48 valence electrons. The predicted molar refractivity (Wildman–Crippen MR) is 32.4 cm³/mol. The highest BCUT2D eigenvalue weighted by molar-refractivity contribution is 4.71. The summed E-state index contributed by atoms with van der Waals surface area (Å²) >= 11 is 0. The van der Waals surface area contributed by atoms with Crippen molar-refractivity contribution in [1.82, 2.24) is 0 Å². The Labute approximate surface area is 49.8 Å². The minimum Gasteiger partial charge on any atom is -0.499 e. The monoisotopic (exact) mass is 116 g/mol. The van der Waals surface area contributed by atoms with Crippen LogP contribution in [0, 0.1) is 0 Å². The van der Waals surface area contributed by atoms with Crippen molar-refractivity contribution in [2.75, 3.05) is 6.61 Å². The number of aliphatic hydroxyl groups excluding tert-OH is 1. The zero-order valence-corrected chi connectivity index (χ0v) is 5.29. The third-order valence-electron chi connectivity index (χ3n) is 0.552. The number of aliphatic hydroxyl groups is 1. The third-order valence-corrected chi connectivity index (χ3v) is 0.552. The van der Waals surface area contributed by atoms with Crippen molar-refractivity contribution in [1.29, 1.82) is 0 Å². The molecule has 0 fully saturated rings. The Morgan fingerprint density at radius 3 is 2.62 bits per heavy atom. The molecule has 0 saturated carbocycles. The van der Waals surface area contributed by atoms with Crippen LogP contribution in [0.5, 0.6) is 0 Å². The van der Waals surface area contributed by atoms with Crippen LogP contribution in [0.4, 0.5) is 0 Å². The summed E-state index contributed by atoms with van der Waals surface area (Å²) in [7, 11) is 0. The first-order valence-corrected chi connectivity index (χ1v) is 2.68. The lowest BCUT2D eigenvalue weighted by molar-refractivity contribution is 0.176. The van der Waals surface area contributed by atoms with Crippen LogP contribution in [-0.4, -0.2) is 17.8 Å². The standard InChI is InChI=1S/C6H12O2/c1-6(2)8-5-3-4-7/h3,5-7H,4H2,1-2H3/b5-3+. The van der Waals surface area contributed by atoms with Gasteiger partial charge in [0, 0.05) is 0 Å². The summed E-state index contributed by atoms with van der Waals surface area (Å²) < 4.78 is 4.94. The van der Waals surface area contributed by atoms with E-state index in [-0.39, 0.29) is 12.7 Å². The first-order chi connectivity index (χ1) is 3.77. The first-order valence-electron chi connectivity index (χ1n) is 2.68. The molecule has 0 aliphatic heterocycles. The molecule has 0 bridgehead atoms. The zero-order valence-electron chi connectivity index (χ0n) is 5.29. The van der Waals surface area contributed by atoms with E-state index in [4.69, 9.17) is 9.84 Å². The zero-order chi connectivity index (χ0) is 6.41. The van der Waals surface area contributed by atoms with E-state index < -0.39 is 0 Å². The fraction of sp³-hybridized carbons (Fsp3) is 0.667. The Bertz CT molecular complexity index is 66.9. The lowest BCUT2D eigenvalue weighted by Gasteiger charge is -2.01. The molecular formula is C6H12O2. The van der Waals surface area contributed by atoms with E-state index >= 15 is 0 Å². The number of ether oxygens (including phenoxy) is 1. The van der Waals surface area contributed by atoms with Gasteiger partial charge in [-0.25, -0.2) is 0 Å². The summed E-state index contributed by atoms with van der Waals surface area (Å²) in [6.45, 7) is 3.91. The second-order valence-corrected chi connectivity index (χ2v) is 1.74. The highest BCUT2D eigenvalue weighted by atomic mass is 16.5. The van der Waals surface area contributed by atoms with Gasteiger partial charge in [0.15, 0.2) is 0 Å². The van der Waals surface area contributed by atoms with Crippen molar-refractivity contribution in [3.8, 4) is 0 Å². The van der Waals surface area contributed by atoms with Crippen molar-refractivity contribution in [2.24, 2.45) is 0 Å². The van der Waals surface area contributed by atoms with Gasteiger partial charge in [-0.1, -0.05) is 0 Å². The van der Waals surface area contributed by atoms with Crippen LogP contribution >= 0.6 is 0 Å². The Hall–Kier alpha value is -0.500. The number of hydrogen-bond donors (Lipinski definition) is 1. The minimum absolute atomic E-state index is 0.0483. The van der Waals surface area contributed by atoms with Crippen LogP contribution in [0.1, 0.15) is 13.8 Å². The second kappa shape index (κ2) is 4.65. The molecule has 0 aromatic heterocycles. The average Bonchev–Trinajstić information content (AvgIpc) is 1.66. The average molecular weight is 116 g/mol. The molecule has 0 aliphatic rings. The normalized spacial score (nSPS) is 11.0. The van der Waals surface area contributed by atoms with Crippen LogP contribution in [0.15, 0.2) is 12.3 Å². The molecule has 0 heterocycles. The van der Waals surface area contributed by atoms with Gasteiger partial charge in [0.1, 0.15) is 0 Å². The molecule has 0 radical (unpaired) electrons. The summed E-state index contributed by atoms with van der Waals surface area (Å²) in [6.07, 6.45) is 3.27. The molecule has 2 nitrogen and oxygen atoms in total. The van der Waals surface area contributed by atoms with Crippen LogP contribution in [0.25, 0.3) is 0 Å².